The van der Waals surface area contributed by atoms with Crippen LogP contribution >= 0.6 is 0 Å². The van der Waals surface area contributed by atoms with Crippen LogP contribution in [0.2, 0.25) is 0 Å². The number of carbonyl (C=O) groups is 1. The highest BCUT2D eigenvalue weighted by molar-refractivity contribution is 6.02. The Kier molecular flexibility index (Phi) is 5.26. The summed E-state index contributed by atoms with van der Waals surface area (Å²) in [6.45, 7) is 7.06. The second-order valence-electron chi connectivity index (χ2n) is 5.94. The predicted octanol–water partition coefficient (Wildman–Crippen LogP) is 3.36. The van der Waals surface area contributed by atoms with E-state index in [0.717, 1.165) is 6.54 Å². The molecule has 0 saturated carbocycles. The summed E-state index contributed by atoms with van der Waals surface area (Å²) in [6.07, 6.45) is 0. The molecule has 7 nitrogen and oxygen atoms in total. The number of aryl methyl sites for hydroxylation is 2. The fraction of sp³-hybridized carbons (Fsp3) is 0.263. The molecule has 0 spiro atoms. The van der Waals surface area contributed by atoms with E-state index in [2.05, 4.69) is 44.4 Å². The average molecular weight is 351 g/mol. The van der Waals surface area contributed by atoms with Crippen molar-refractivity contribution in [2.75, 3.05) is 16.8 Å². The Morgan fingerprint density at radius 3 is 2.58 bits per heavy atom. The summed E-state index contributed by atoms with van der Waals surface area (Å²) in [5.41, 5.74) is 1.47. The lowest BCUT2D eigenvalue weighted by molar-refractivity contribution is 0.102. The molecular formula is C19H21N5O2. The fourth-order valence-electron chi connectivity index (χ4n) is 2.59. The van der Waals surface area contributed by atoms with E-state index in [0.29, 0.717) is 35.5 Å². The number of hydrogen-bond acceptors (Lipinski definition) is 6. The topological polar surface area (TPSA) is 84.2 Å². The first kappa shape index (κ1) is 17.6. The Hall–Kier alpha value is -3.22. The zero-order chi connectivity index (χ0) is 18.5. The van der Waals surface area contributed by atoms with E-state index in [4.69, 9.17) is 4.52 Å². The van der Waals surface area contributed by atoms with Gasteiger partial charge in [-0.1, -0.05) is 35.5 Å². The minimum Gasteiger partial charge on any atom is -0.360 e. The quantitative estimate of drug-likeness (QED) is 0.733. The van der Waals surface area contributed by atoms with Gasteiger partial charge >= 0.3 is 0 Å². The molecule has 3 rings (SSSR count). The fourth-order valence-corrected chi connectivity index (χ4v) is 2.59. The molecule has 2 heterocycles. The van der Waals surface area contributed by atoms with Crippen molar-refractivity contribution in [3.63, 3.8) is 0 Å². The van der Waals surface area contributed by atoms with E-state index in [1.54, 1.807) is 26.0 Å². The highest BCUT2D eigenvalue weighted by Crippen LogP contribution is 2.17. The Morgan fingerprint density at radius 2 is 1.92 bits per heavy atom. The molecule has 0 unspecified atom stereocenters. The van der Waals surface area contributed by atoms with Gasteiger partial charge in [-0.05, 0) is 26.3 Å². The standard InChI is InChI=1S/C19H21N5O2/c1-4-24(12-15-8-6-5-7-9-15)18-11-16(20-14(3)21-18)19(25)22-17-10-13(2)26-23-17/h5-11H,4,12H2,1-3H3,(H,22,23,25). The van der Waals surface area contributed by atoms with Gasteiger partial charge in [-0.2, -0.15) is 0 Å². The molecule has 26 heavy (non-hydrogen) atoms. The maximum Gasteiger partial charge on any atom is 0.275 e. The van der Waals surface area contributed by atoms with Crippen molar-refractivity contribution in [1.29, 1.82) is 0 Å². The van der Waals surface area contributed by atoms with Crippen LogP contribution in [-0.2, 0) is 6.54 Å². The van der Waals surface area contributed by atoms with E-state index in [1.165, 1.54) is 5.56 Å². The SMILES string of the molecule is CCN(Cc1ccccc1)c1cc(C(=O)Nc2cc(C)on2)nc(C)n1. The van der Waals surface area contributed by atoms with Crippen LogP contribution in [-0.4, -0.2) is 27.6 Å². The largest absolute Gasteiger partial charge is 0.360 e. The van der Waals surface area contributed by atoms with E-state index < -0.39 is 0 Å². The van der Waals surface area contributed by atoms with Crippen molar-refractivity contribution in [2.45, 2.75) is 27.3 Å². The predicted molar refractivity (Wildman–Crippen MR) is 99.1 cm³/mol. The normalized spacial score (nSPS) is 10.6. The summed E-state index contributed by atoms with van der Waals surface area (Å²) in [5, 5.41) is 6.46. The number of rotatable bonds is 6. The van der Waals surface area contributed by atoms with Crippen LogP contribution in [0.3, 0.4) is 0 Å². The van der Waals surface area contributed by atoms with Crippen molar-refractivity contribution in [2.24, 2.45) is 0 Å². The molecule has 2 aromatic heterocycles. The van der Waals surface area contributed by atoms with Crippen molar-refractivity contribution >= 4 is 17.5 Å². The van der Waals surface area contributed by atoms with Gasteiger partial charge in [-0.15, -0.1) is 0 Å². The van der Waals surface area contributed by atoms with Gasteiger partial charge in [0.05, 0.1) is 0 Å². The number of amides is 1. The van der Waals surface area contributed by atoms with Crippen LogP contribution in [0.15, 0.2) is 47.0 Å². The zero-order valence-electron chi connectivity index (χ0n) is 15.1. The lowest BCUT2D eigenvalue weighted by Crippen LogP contribution is -2.25. The number of hydrogen-bond donors (Lipinski definition) is 1. The summed E-state index contributed by atoms with van der Waals surface area (Å²) in [6, 6.07) is 13.5. The lowest BCUT2D eigenvalue weighted by Gasteiger charge is -2.22. The van der Waals surface area contributed by atoms with Crippen LogP contribution in [0, 0.1) is 13.8 Å². The van der Waals surface area contributed by atoms with Crippen LogP contribution < -0.4 is 10.2 Å². The number of nitrogens with zero attached hydrogens (tertiary/aromatic N) is 4. The first-order valence-corrected chi connectivity index (χ1v) is 8.44. The molecule has 0 bridgehead atoms. The lowest BCUT2D eigenvalue weighted by atomic mass is 10.2. The number of aromatic nitrogens is 3. The highest BCUT2D eigenvalue weighted by Gasteiger charge is 2.15. The van der Waals surface area contributed by atoms with Gasteiger partial charge in [0.25, 0.3) is 5.91 Å². The van der Waals surface area contributed by atoms with Crippen LogP contribution in [0.5, 0.6) is 0 Å². The first-order valence-electron chi connectivity index (χ1n) is 8.44. The second-order valence-corrected chi connectivity index (χ2v) is 5.94. The van der Waals surface area contributed by atoms with Crippen LogP contribution in [0.25, 0.3) is 0 Å². The molecule has 0 saturated heterocycles. The molecule has 0 fully saturated rings. The summed E-state index contributed by atoms with van der Waals surface area (Å²) in [4.78, 5) is 23.3. The van der Waals surface area contributed by atoms with Crippen molar-refractivity contribution < 1.29 is 9.32 Å². The molecular weight excluding hydrogens is 330 g/mol. The maximum atomic E-state index is 12.5. The van der Waals surface area contributed by atoms with E-state index in [-0.39, 0.29) is 5.91 Å². The Balaban J connectivity index is 1.82. The molecule has 3 aromatic rings. The van der Waals surface area contributed by atoms with Crippen LogP contribution in [0.1, 0.15) is 34.6 Å². The smallest absolute Gasteiger partial charge is 0.275 e. The van der Waals surface area contributed by atoms with E-state index in [9.17, 15) is 4.79 Å². The summed E-state index contributed by atoms with van der Waals surface area (Å²) in [7, 11) is 0. The van der Waals surface area contributed by atoms with Crippen molar-refractivity contribution in [3.8, 4) is 0 Å². The van der Waals surface area contributed by atoms with Gasteiger partial charge in [0.15, 0.2) is 5.82 Å². The molecule has 0 radical (unpaired) electrons. The van der Waals surface area contributed by atoms with Gasteiger partial charge < -0.3 is 14.7 Å². The molecule has 1 amide bonds. The highest BCUT2D eigenvalue weighted by atomic mass is 16.5. The molecule has 0 aliphatic heterocycles. The third kappa shape index (κ3) is 4.24. The molecule has 7 heteroatoms. The monoisotopic (exact) mass is 351 g/mol. The number of benzene rings is 1. The van der Waals surface area contributed by atoms with E-state index in [1.807, 2.05) is 18.2 Å². The summed E-state index contributed by atoms with van der Waals surface area (Å²) in [5.74, 6) is 1.89. The Bertz CT molecular complexity index is 892. The Labute approximate surface area is 152 Å². The third-order valence-electron chi connectivity index (χ3n) is 3.85. The number of anilines is 2. The van der Waals surface area contributed by atoms with Crippen LogP contribution in [0.4, 0.5) is 11.6 Å². The molecule has 1 aromatic carbocycles. The molecule has 0 aliphatic carbocycles. The number of carbonyl (C=O) groups excluding carboxylic acids is 1. The average Bonchev–Trinajstić information content (AvgIpc) is 3.04. The first-order chi connectivity index (χ1) is 12.5. The molecule has 134 valence electrons. The minimum absolute atomic E-state index is 0.291. The van der Waals surface area contributed by atoms with Crippen molar-refractivity contribution in [3.05, 3.63) is 65.3 Å². The van der Waals surface area contributed by atoms with Gasteiger partial charge in [0, 0.05) is 25.2 Å². The second kappa shape index (κ2) is 7.77. The third-order valence-corrected chi connectivity index (χ3v) is 3.85. The molecule has 0 atom stereocenters. The maximum absolute atomic E-state index is 12.5. The molecule has 1 N–H and O–H groups in total. The van der Waals surface area contributed by atoms with Gasteiger partial charge in [0.1, 0.15) is 23.1 Å². The summed E-state index contributed by atoms with van der Waals surface area (Å²) < 4.78 is 4.97. The zero-order valence-corrected chi connectivity index (χ0v) is 15.1. The molecule has 0 aliphatic rings. The Morgan fingerprint density at radius 1 is 1.15 bits per heavy atom. The van der Waals surface area contributed by atoms with E-state index >= 15 is 0 Å². The summed E-state index contributed by atoms with van der Waals surface area (Å²) >= 11 is 0. The minimum atomic E-state index is -0.346. The van der Waals surface area contributed by atoms with Gasteiger partial charge in [-0.25, -0.2) is 9.97 Å². The van der Waals surface area contributed by atoms with Gasteiger partial charge in [0.2, 0.25) is 0 Å². The number of nitrogens with one attached hydrogen (secondary N) is 1. The van der Waals surface area contributed by atoms with Crippen molar-refractivity contribution in [1.82, 2.24) is 15.1 Å². The van der Waals surface area contributed by atoms with Gasteiger partial charge in [-0.3, -0.25) is 4.79 Å².